The number of carbonyl (C=O) groups is 1. The Kier molecular flexibility index (Phi) is 5.02. The van der Waals surface area contributed by atoms with Crippen molar-refractivity contribution in [1.82, 2.24) is 0 Å². The smallest absolute Gasteiger partial charge is 0.203 e. The molecule has 0 N–H and O–H groups in total. The van der Waals surface area contributed by atoms with Crippen LogP contribution in [0.5, 0.6) is 23.0 Å². The van der Waals surface area contributed by atoms with Crippen LogP contribution in [-0.2, 0) is 0 Å². The van der Waals surface area contributed by atoms with Crippen LogP contribution in [0.1, 0.15) is 40.7 Å². The molecule has 0 radical (unpaired) electrons. The van der Waals surface area contributed by atoms with E-state index in [0.29, 0.717) is 40.5 Å². The van der Waals surface area contributed by atoms with Crippen molar-refractivity contribution >= 4 is 5.78 Å². The predicted molar refractivity (Wildman–Crippen MR) is 94.5 cm³/mol. The third-order valence-electron chi connectivity index (χ3n) is 4.56. The molecule has 2 aromatic rings. The second kappa shape index (κ2) is 7.23. The van der Waals surface area contributed by atoms with Crippen LogP contribution in [0.25, 0.3) is 0 Å². The highest BCUT2D eigenvalue weighted by molar-refractivity contribution is 6.03. The Morgan fingerprint density at radius 3 is 2.35 bits per heavy atom. The summed E-state index contributed by atoms with van der Waals surface area (Å²) in [6.07, 6.45) is 0.232. The van der Waals surface area contributed by atoms with E-state index in [1.165, 1.54) is 27.4 Å². The zero-order valence-electron chi connectivity index (χ0n) is 15.2. The quantitative estimate of drug-likeness (QED) is 0.780. The van der Waals surface area contributed by atoms with Crippen molar-refractivity contribution in [3.63, 3.8) is 0 Å². The van der Waals surface area contributed by atoms with Crippen molar-refractivity contribution in [2.75, 3.05) is 27.9 Å². The topological polar surface area (TPSA) is 54.0 Å². The molecule has 1 atom stereocenters. The van der Waals surface area contributed by atoms with Crippen molar-refractivity contribution in [3.05, 3.63) is 46.8 Å². The number of rotatable bonds is 6. The molecule has 0 aliphatic heterocycles. The number of ketones is 1. The second-order valence-electron chi connectivity index (χ2n) is 5.91. The molecular weight excluding hydrogens is 339 g/mol. The highest BCUT2D eigenvalue weighted by Gasteiger charge is 2.37. The van der Waals surface area contributed by atoms with E-state index in [-0.39, 0.29) is 23.9 Å². The average Bonchev–Trinajstić information content (AvgIpc) is 2.98. The number of hydrogen-bond donors (Lipinski definition) is 0. The summed E-state index contributed by atoms with van der Waals surface area (Å²) in [7, 11) is 4.52. The van der Waals surface area contributed by atoms with E-state index in [4.69, 9.17) is 18.9 Å². The fourth-order valence-corrected chi connectivity index (χ4v) is 3.44. The predicted octanol–water partition coefficient (Wildman–Crippen LogP) is 3.97. The number of halogens is 1. The molecule has 5 nitrogen and oxygen atoms in total. The number of carbonyl (C=O) groups excluding carboxylic acids is 1. The van der Waals surface area contributed by atoms with Gasteiger partial charge in [0.2, 0.25) is 5.75 Å². The summed E-state index contributed by atoms with van der Waals surface area (Å²) in [5.74, 6) is 0.655. The second-order valence-corrected chi connectivity index (χ2v) is 5.91. The summed E-state index contributed by atoms with van der Waals surface area (Å²) in [5.41, 5.74) is 1.89. The lowest BCUT2D eigenvalue weighted by Gasteiger charge is -2.19. The van der Waals surface area contributed by atoms with Gasteiger partial charge in [0.15, 0.2) is 28.8 Å². The lowest BCUT2D eigenvalue weighted by Crippen LogP contribution is -2.04. The molecule has 0 heterocycles. The minimum Gasteiger partial charge on any atom is -0.493 e. The molecule has 0 bridgehead atoms. The Morgan fingerprint density at radius 1 is 1.04 bits per heavy atom. The highest BCUT2D eigenvalue weighted by Crippen LogP contribution is 2.51. The van der Waals surface area contributed by atoms with Crippen LogP contribution in [0, 0.1) is 5.82 Å². The summed E-state index contributed by atoms with van der Waals surface area (Å²) >= 11 is 0. The summed E-state index contributed by atoms with van der Waals surface area (Å²) in [5, 5.41) is 0. The van der Waals surface area contributed by atoms with Gasteiger partial charge in [0.1, 0.15) is 0 Å². The molecule has 138 valence electrons. The first-order valence-corrected chi connectivity index (χ1v) is 8.33. The molecule has 3 rings (SSSR count). The molecule has 1 aliphatic rings. The van der Waals surface area contributed by atoms with Crippen molar-refractivity contribution in [2.24, 2.45) is 0 Å². The first-order chi connectivity index (χ1) is 12.5. The van der Waals surface area contributed by atoms with Crippen LogP contribution in [0.2, 0.25) is 0 Å². The number of ether oxygens (including phenoxy) is 4. The molecule has 0 fully saturated rings. The van der Waals surface area contributed by atoms with Crippen molar-refractivity contribution < 1.29 is 28.1 Å². The van der Waals surface area contributed by atoms with Crippen LogP contribution in [0.15, 0.2) is 24.3 Å². The zero-order valence-corrected chi connectivity index (χ0v) is 15.2. The van der Waals surface area contributed by atoms with E-state index in [1.54, 1.807) is 25.1 Å². The molecule has 6 heteroatoms. The van der Waals surface area contributed by atoms with Gasteiger partial charge in [-0.15, -0.1) is 0 Å². The largest absolute Gasteiger partial charge is 0.493 e. The Morgan fingerprint density at radius 2 is 1.77 bits per heavy atom. The minimum atomic E-state index is -0.454. The van der Waals surface area contributed by atoms with Crippen LogP contribution >= 0.6 is 0 Å². The summed E-state index contributed by atoms with van der Waals surface area (Å²) in [6.45, 7) is 2.18. The zero-order chi connectivity index (χ0) is 18.8. The molecule has 0 saturated carbocycles. The SMILES string of the molecule is CCOc1ccc(C2CC(=O)c3cc(OC)c(OC)c(OC)c32)cc1F. The van der Waals surface area contributed by atoms with Crippen molar-refractivity contribution in [3.8, 4) is 23.0 Å². The third-order valence-corrected chi connectivity index (χ3v) is 4.56. The molecule has 0 amide bonds. The number of methoxy groups -OCH3 is 3. The Hall–Kier alpha value is -2.76. The fraction of sp³-hybridized carbons (Fsp3) is 0.350. The van der Waals surface area contributed by atoms with Gasteiger partial charge in [0.05, 0.1) is 27.9 Å². The van der Waals surface area contributed by atoms with Crippen LogP contribution in [0.3, 0.4) is 0 Å². The molecule has 26 heavy (non-hydrogen) atoms. The van der Waals surface area contributed by atoms with Gasteiger partial charge >= 0.3 is 0 Å². The molecule has 1 aliphatic carbocycles. The maximum atomic E-state index is 14.3. The molecule has 0 aromatic heterocycles. The Bertz CT molecular complexity index is 847. The van der Waals surface area contributed by atoms with Crippen LogP contribution in [-0.4, -0.2) is 33.7 Å². The first kappa shape index (κ1) is 18.0. The maximum Gasteiger partial charge on any atom is 0.203 e. The monoisotopic (exact) mass is 360 g/mol. The van der Waals surface area contributed by atoms with E-state index in [2.05, 4.69) is 0 Å². The van der Waals surface area contributed by atoms with Gasteiger partial charge in [-0.2, -0.15) is 0 Å². The normalized spacial score (nSPS) is 15.6. The first-order valence-electron chi connectivity index (χ1n) is 8.33. The van der Waals surface area contributed by atoms with E-state index in [0.717, 1.165) is 0 Å². The fourth-order valence-electron chi connectivity index (χ4n) is 3.44. The lowest BCUT2D eigenvalue weighted by molar-refractivity contribution is 0.0991. The number of hydrogen-bond acceptors (Lipinski definition) is 5. The molecule has 0 spiro atoms. The number of benzene rings is 2. The molecule has 1 unspecified atom stereocenters. The van der Waals surface area contributed by atoms with Crippen LogP contribution < -0.4 is 18.9 Å². The van der Waals surface area contributed by atoms with Gasteiger partial charge in [0, 0.05) is 23.5 Å². The summed E-state index contributed by atoms with van der Waals surface area (Å²) in [4.78, 5) is 12.6. The van der Waals surface area contributed by atoms with Gasteiger partial charge in [-0.25, -0.2) is 4.39 Å². The number of Topliss-reactive ketones (excluding diaryl/α,β-unsaturated/α-hetero) is 1. The van der Waals surface area contributed by atoms with Crippen LogP contribution in [0.4, 0.5) is 4.39 Å². The Balaban J connectivity index is 2.15. The van der Waals surface area contributed by atoms with Gasteiger partial charge in [-0.1, -0.05) is 6.07 Å². The van der Waals surface area contributed by atoms with E-state index in [1.807, 2.05) is 0 Å². The lowest BCUT2D eigenvalue weighted by atomic mass is 9.91. The summed E-state index contributed by atoms with van der Waals surface area (Å²) in [6, 6.07) is 6.43. The maximum absolute atomic E-state index is 14.3. The Labute approximate surface area is 151 Å². The van der Waals surface area contributed by atoms with E-state index >= 15 is 0 Å². The molecular formula is C20H21FO5. The molecule has 2 aromatic carbocycles. The molecule has 0 saturated heterocycles. The van der Waals surface area contributed by atoms with Gasteiger partial charge < -0.3 is 18.9 Å². The van der Waals surface area contributed by atoms with Gasteiger partial charge in [-0.3, -0.25) is 4.79 Å². The average molecular weight is 360 g/mol. The number of fused-ring (bicyclic) bond motifs is 1. The standard InChI is InChI=1S/C20H21FO5/c1-5-26-16-7-6-11(8-14(16)21)12-9-15(22)13-10-17(23-2)19(24-3)20(25-4)18(12)13/h6-8,10,12H,5,9H2,1-4H3. The minimum absolute atomic E-state index is 0.0430. The van der Waals surface area contributed by atoms with Crippen molar-refractivity contribution in [1.29, 1.82) is 0 Å². The van der Waals surface area contributed by atoms with E-state index < -0.39 is 5.82 Å². The van der Waals surface area contributed by atoms with Crippen molar-refractivity contribution in [2.45, 2.75) is 19.3 Å². The highest BCUT2D eigenvalue weighted by atomic mass is 19.1. The van der Waals surface area contributed by atoms with Gasteiger partial charge in [-0.05, 0) is 30.7 Å². The summed E-state index contributed by atoms with van der Waals surface area (Å²) < 4.78 is 35.9. The third kappa shape index (κ3) is 2.85. The van der Waals surface area contributed by atoms with Gasteiger partial charge in [0.25, 0.3) is 0 Å². The van der Waals surface area contributed by atoms with E-state index in [9.17, 15) is 9.18 Å².